The van der Waals surface area contributed by atoms with Crippen LogP contribution in [0.3, 0.4) is 0 Å². The van der Waals surface area contributed by atoms with Crippen LogP contribution in [0, 0.1) is 5.41 Å². The fourth-order valence-electron chi connectivity index (χ4n) is 3.16. The van der Waals surface area contributed by atoms with Crippen LogP contribution in [0.25, 0.3) is 5.69 Å². The Labute approximate surface area is 129 Å². The number of halogens is 2. The van der Waals surface area contributed by atoms with Crippen molar-refractivity contribution < 1.29 is 0 Å². The Morgan fingerprint density at radius 1 is 1.20 bits per heavy atom. The van der Waals surface area contributed by atoms with E-state index in [2.05, 4.69) is 24.5 Å². The zero-order chi connectivity index (χ0) is 14.5. The lowest BCUT2D eigenvalue weighted by molar-refractivity contribution is 0.278. The molecule has 1 aliphatic carbocycles. The average Bonchev–Trinajstić information content (AvgIpc) is 2.71. The molecule has 0 amide bonds. The maximum absolute atomic E-state index is 6.33. The summed E-state index contributed by atoms with van der Waals surface area (Å²) in [4.78, 5) is 0. The Kier molecular flexibility index (Phi) is 3.36. The molecule has 1 atom stereocenters. The maximum atomic E-state index is 6.33. The predicted molar refractivity (Wildman–Crippen MR) is 84.8 cm³/mol. The van der Waals surface area contributed by atoms with Crippen molar-refractivity contribution in [2.24, 2.45) is 11.1 Å². The number of para-hydroxylation sites is 1. The van der Waals surface area contributed by atoms with Crippen molar-refractivity contribution >= 4 is 23.2 Å². The van der Waals surface area contributed by atoms with Crippen LogP contribution in [0.5, 0.6) is 0 Å². The van der Waals surface area contributed by atoms with Crippen LogP contribution in [-0.2, 0) is 6.42 Å². The maximum Gasteiger partial charge on any atom is 0.0828 e. The van der Waals surface area contributed by atoms with E-state index in [1.165, 1.54) is 11.3 Å². The highest BCUT2D eigenvalue weighted by Gasteiger charge is 2.33. The average molecular weight is 309 g/mol. The minimum absolute atomic E-state index is 0.0799. The molecule has 1 unspecified atom stereocenters. The van der Waals surface area contributed by atoms with Crippen LogP contribution in [0.1, 0.15) is 37.6 Å². The Bertz CT molecular complexity index is 638. The molecule has 0 saturated carbocycles. The van der Waals surface area contributed by atoms with Gasteiger partial charge in [-0.25, -0.2) is 0 Å². The number of nitrogens with two attached hydrogens (primary N) is 1. The summed E-state index contributed by atoms with van der Waals surface area (Å²) in [6.07, 6.45) is 4.00. The second kappa shape index (κ2) is 4.80. The van der Waals surface area contributed by atoms with Crippen LogP contribution in [-0.4, -0.2) is 4.57 Å². The summed E-state index contributed by atoms with van der Waals surface area (Å²) >= 11 is 12.7. The molecule has 2 N–H and O–H groups in total. The molecule has 1 heterocycles. The van der Waals surface area contributed by atoms with Gasteiger partial charge in [-0.2, -0.15) is 0 Å². The molecule has 2 aromatic rings. The van der Waals surface area contributed by atoms with Gasteiger partial charge in [0.05, 0.1) is 15.7 Å². The minimum Gasteiger partial charge on any atom is -0.324 e. The molecule has 0 radical (unpaired) electrons. The van der Waals surface area contributed by atoms with Crippen molar-refractivity contribution in [3.63, 3.8) is 0 Å². The van der Waals surface area contributed by atoms with E-state index >= 15 is 0 Å². The zero-order valence-electron chi connectivity index (χ0n) is 11.7. The third kappa shape index (κ3) is 2.26. The van der Waals surface area contributed by atoms with Gasteiger partial charge in [0, 0.05) is 17.9 Å². The lowest BCUT2D eigenvalue weighted by Gasteiger charge is -2.34. The third-order valence-electron chi connectivity index (χ3n) is 4.02. The minimum atomic E-state index is 0.0799. The lowest BCUT2D eigenvalue weighted by atomic mass is 9.74. The molecule has 3 rings (SSSR count). The highest BCUT2D eigenvalue weighted by molar-refractivity contribution is 6.37. The van der Waals surface area contributed by atoms with Crippen molar-refractivity contribution in [1.29, 1.82) is 0 Å². The van der Waals surface area contributed by atoms with Gasteiger partial charge in [-0.1, -0.05) is 43.1 Å². The number of nitrogens with zero attached hydrogens (tertiary/aromatic N) is 1. The number of fused-ring (bicyclic) bond motifs is 1. The summed E-state index contributed by atoms with van der Waals surface area (Å²) in [6, 6.07) is 7.76. The van der Waals surface area contributed by atoms with E-state index in [0.717, 1.165) is 18.5 Å². The molecule has 0 bridgehead atoms. The van der Waals surface area contributed by atoms with Crippen molar-refractivity contribution in [1.82, 2.24) is 4.57 Å². The molecule has 0 spiro atoms. The van der Waals surface area contributed by atoms with Gasteiger partial charge in [0.25, 0.3) is 0 Å². The molecule has 20 heavy (non-hydrogen) atoms. The summed E-state index contributed by atoms with van der Waals surface area (Å²) in [5.74, 6) is 0. The largest absolute Gasteiger partial charge is 0.324 e. The predicted octanol–water partition coefficient (Wildman–Crippen LogP) is 4.76. The van der Waals surface area contributed by atoms with Gasteiger partial charge in [0.15, 0.2) is 0 Å². The first-order chi connectivity index (χ1) is 9.39. The van der Waals surface area contributed by atoms with Crippen LogP contribution in [0.4, 0.5) is 0 Å². The smallest absolute Gasteiger partial charge is 0.0828 e. The monoisotopic (exact) mass is 308 g/mol. The zero-order valence-corrected chi connectivity index (χ0v) is 13.2. The first-order valence-electron chi connectivity index (χ1n) is 6.79. The van der Waals surface area contributed by atoms with E-state index < -0.39 is 0 Å². The third-order valence-corrected chi connectivity index (χ3v) is 4.63. The van der Waals surface area contributed by atoms with Gasteiger partial charge in [0.2, 0.25) is 0 Å². The molecule has 4 heteroatoms. The Hall–Kier alpha value is -0.960. The fraction of sp³-hybridized carbons (Fsp3) is 0.375. The molecule has 0 fully saturated rings. The number of aromatic nitrogens is 1. The highest BCUT2D eigenvalue weighted by Crippen LogP contribution is 2.42. The number of hydrogen-bond acceptors (Lipinski definition) is 1. The summed E-state index contributed by atoms with van der Waals surface area (Å²) in [5.41, 5.74) is 9.78. The summed E-state index contributed by atoms with van der Waals surface area (Å²) in [7, 11) is 0. The van der Waals surface area contributed by atoms with Crippen molar-refractivity contribution in [3.8, 4) is 5.69 Å². The lowest BCUT2D eigenvalue weighted by Crippen LogP contribution is -2.30. The highest BCUT2D eigenvalue weighted by atomic mass is 35.5. The van der Waals surface area contributed by atoms with Gasteiger partial charge in [-0.15, -0.1) is 0 Å². The topological polar surface area (TPSA) is 30.9 Å². The number of rotatable bonds is 1. The van der Waals surface area contributed by atoms with E-state index in [1.54, 1.807) is 0 Å². The first kappa shape index (κ1) is 14.0. The second-order valence-electron chi connectivity index (χ2n) is 6.31. The van der Waals surface area contributed by atoms with Crippen molar-refractivity contribution in [2.75, 3.05) is 0 Å². The molecule has 0 saturated heterocycles. The van der Waals surface area contributed by atoms with Gasteiger partial charge < -0.3 is 10.3 Å². The van der Waals surface area contributed by atoms with E-state index in [4.69, 9.17) is 28.9 Å². The Morgan fingerprint density at radius 2 is 1.85 bits per heavy atom. The fourth-order valence-corrected chi connectivity index (χ4v) is 3.74. The second-order valence-corrected chi connectivity index (χ2v) is 7.12. The molecule has 0 aliphatic heterocycles. The Balaban J connectivity index is 2.19. The number of benzene rings is 1. The van der Waals surface area contributed by atoms with Crippen LogP contribution < -0.4 is 5.73 Å². The van der Waals surface area contributed by atoms with Gasteiger partial charge in [-0.3, -0.25) is 0 Å². The van der Waals surface area contributed by atoms with Crippen molar-refractivity contribution in [3.05, 3.63) is 51.8 Å². The Morgan fingerprint density at radius 3 is 2.50 bits per heavy atom. The van der Waals surface area contributed by atoms with E-state index in [1.807, 2.05) is 24.4 Å². The molecule has 106 valence electrons. The summed E-state index contributed by atoms with van der Waals surface area (Å²) in [6.45, 7) is 4.50. The summed E-state index contributed by atoms with van der Waals surface area (Å²) in [5, 5.41) is 1.32. The standard InChI is InChI=1S/C16H18Cl2N2/c1-16(2)8-13(19)10-6-7-20(14(10)9-16)15-11(17)4-3-5-12(15)18/h3-7,13H,8-9,19H2,1-2H3. The number of hydrogen-bond donors (Lipinski definition) is 1. The SMILES string of the molecule is CC1(C)Cc2c(ccn2-c2c(Cl)cccc2Cl)C(N)C1. The summed E-state index contributed by atoms with van der Waals surface area (Å²) < 4.78 is 2.10. The van der Waals surface area contributed by atoms with Gasteiger partial charge >= 0.3 is 0 Å². The van der Waals surface area contributed by atoms with Gasteiger partial charge in [-0.05, 0) is 42.0 Å². The molecule has 2 nitrogen and oxygen atoms in total. The first-order valence-corrected chi connectivity index (χ1v) is 7.55. The molecular weight excluding hydrogens is 291 g/mol. The molecule has 1 aromatic carbocycles. The van der Waals surface area contributed by atoms with Crippen LogP contribution in [0.2, 0.25) is 10.0 Å². The van der Waals surface area contributed by atoms with Crippen LogP contribution in [0.15, 0.2) is 30.5 Å². The molecule has 1 aliphatic rings. The molecular formula is C16H18Cl2N2. The van der Waals surface area contributed by atoms with E-state index in [9.17, 15) is 0 Å². The quantitative estimate of drug-likeness (QED) is 0.809. The molecule has 1 aromatic heterocycles. The van der Waals surface area contributed by atoms with Gasteiger partial charge in [0.1, 0.15) is 0 Å². The normalized spacial score (nSPS) is 20.8. The van der Waals surface area contributed by atoms with Crippen LogP contribution >= 0.6 is 23.2 Å². The van der Waals surface area contributed by atoms with Crippen molar-refractivity contribution in [2.45, 2.75) is 32.7 Å². The van der Waals surface area contributed by atoms with E-state index in [0.29, 0.717) is 10.0 Å². The van der Waals surface area contributed by atoms with E-state index in [-0.39, 0.29) is 11.5 Å².